The van der Waals surface area contributed by atoms with Gasteiger partial charge in [0.25, 0.3) is 0 Å². The lowest BCUT2D eigenvalue weighted by molar-refractivity contribution is -0.115. The van der Waals surface area contributed by atoms with Crippen LogP contribution in [0.3, 0.4) is 0 Å². The Labute approximate surface area is 139 Å². The van der Waals surface area contributed by atoms with Crippen LogP contribution in [-0.2, 0) is 11.3 Å². The smallest absolute Gasteiger partial charge is 0.315 e. The van der Waals surface area contributed by atoms with Gasteiger partial charge in [-0.15, -0.1) is 11.8 Å². The van der Waals surface area contributed by atoms with E-state index < -0.39 is 0 Å². The third-order valence-electron chi connectivity index (χ3n) is 3.08. The molecule has 3 N–H and O–H groups in total. The van der Waals surface area contributed by atoms with Crippen LogP contribution in [0.4, 0.5) is 10.5 Å². The van der Waals surface area contributed by atoms with E-state index >= 15 is 0 Å². The predicted molar refractivity (Wildman–Crippen MR) is 93.5 cm³/mol. The van der Waals surface area contributed by atoms with E-state index in [1.165, 1.54) is 0 Å². The van der Waals surface area contributed by atoms with Gasteiger partial charge in [0, 0.05) is 17.1 Å². The first-order valence-corrected chi connectivity index (χ1v) is 8.39. The SMILES string of the molecule is CSc1ccc(NC(=O)CNC(=O)NCc2ccccc2)cc1. The monoisotopic (exact) mass is 329 g/mol. The molecule has 0 saturated heterocycles. The van der Waals surface area contributed by atoms with E-state index in [4.69, 9.17) is 0 Å². The van der Waals surface area contributed by atoms with E-state index in [0.717, 1.165) is 10.5 Å². The Morgan fingerprint density at radius 1 is 0.957 bits per heavy atom. The molecule has 0 unspecified atom stereocenters. The largest absolute Gasteiger partial charge is 0.334 e. The molecular formula is C17H19N3O2S. The van der Waals surface area contributed by atoms with Crippen molar-refractivity contribution in [1.82, 2.24) is 10.6 Å². The number of hydrogen-bond acceptors (Lipinski definition) is 3. The second-order valence-corrected chi connectivity index (χ2v) is 5.68. The highest BCUT2D eigenvalue weighted by molar-refractivity contribution is 7.98. The molecule has 120 valence electrons. The summed E-state index contributed by atoms with van der Waals surface area (Å²) >= 11 is 1.64. The molecule has 5 nitrogen and oxygen atoms in total. The number of urea groups is 1. The zero-order chi connectivity index (χ0) is 16.5. The molecule has 23 heavy (non-hydrogen) atoms. The van der Waals surface area contributed by atoms with Crippen LogP contribution in [-0.4, -0.2) is 24.7 Å². The van der Waals surface area contributed by atoms with Gasteiger partial charge in [0.1, 0.15) is 0 Å². The van der Waals surface area contributed by atoms with E-state index in [-0.39, 0.29) is 18.5 Å². The van der Waals surface area contributed by atoms with Crippen molar-refractivity contribution in [2.75, 3.05) is 18.1 Å². The third-order valence-corrected chi connectivity index (χ3v) is 3.82. The molecule has 6 heteroatoms. The zero-order valence-corrected chi connectivity index (χ0v) is 13.7. The Hall–Kier alpha value is -2.47. The van der Waals surface area contributed by atoms with Crippen LogP contribution >= 0.6 is 11.8 Å². The fourth-order valence-corrected chi connectivity index (χ4v) is 2.29. The van der Waals surface area contributed by atoms with Gasteiger partial charge in [0.15, 0.2) is 0 Å². The lowest BCUT2D eigenvalue weighted by Crippen LogP contribution is -2.39. The fourth-order valence-electron chi connectivity index (χ4n) is 1.88. The average Bonchev–Trinajstić information content (AvgIpc) is 2.60. The number of nitrogens with one attached hydrogen (secondary N) is 3. The third kappa shape index (κ3) is 6.04. The number of thioether (sulfide) groups is 1. The summed E-state index contributed by atoms with van der Waals surface area (Å²) in [5, 5.41) is 7.96. The molecule has 2 rings (SSSR count). The van der Waals surface area contributed by atoms with Crippen LogP contribution in [0.1, 0.15) is 5.56 Å². The molecule has 0 aliphatic rings. The van der Waals surface area contributed by atoms with E-state index in [2.05, 4.69) is 16.0 Å². The summed E-state index contributed by atoms with van der Waals surface area (Å²) in [5.41, 5.74) is 1.71. The number of carbonyl (C=O) groups excluding carboxylic acids is 2. The van der Waals surface area contributed by atoms with Crippen molar-refractivity contribution in [1.29, 1.82) is 0 Å². The first-order valence-electron chi connectivity index (χ1n) is 7.17. The maximum absolute atomic E-state index is 11.8. The summed E-state index contributed by atoms with van der Waals surface area (Å²) in [6.45, 7) is 0.343. The number of benzene rings is 2. The van der Waals surface area contributed by atoms with Crippen LogP contribution in [0.15, 0.2) is 59.5 Å². The Kier molecular flexibility index (Phi) is 6.50. The van der Waals surface area contributed by atoms with Crippen LogP contribution in [0, 0.1) is 0 Å². The average molecular weight is 329 g/mol. The highest BCUT2D eigenvalue weighted by Crippen LogP contribution is 2.17. The number of carbonyl (C=O) groups is 2. The Bertz CT molecular complexity index is 645. The molecule has 0 atom stereocenters. The number of hydrogen-bond donors (Lipinski definition) is 3. The minimum absolute atomic E-state index is 0.0785. The summed E-state index contributed by atoms with van der Waals surface area (Å²) in [6.07, 6.45) is 1.99. The Morgan fingerprint density at radius 2 is 1.65 bits per heavy atom. The van der Waals surface area contributed by atoms with E-state index in [9.17, 15) is 9.59 Å². The summed E-state index contributed by atoms with van der Waals surface area (Å²) in [4.78, 5) is 24.6. The topological polar surface area (TPSA) is 70.2 Å². The predicted octanol–water partition coefficient (Wildman–Crippen LogP) is 2.85. The van der Waals surface area contributed by atoms with E-state index in [1.54, 1.807) is 11.8 Å². The highest BCUT2D eigenvalue weighted by atomic mass is 32.2. The molecule has 2 aromatic rings. The Morgan fingerprint density at radius 3 is 2.30 bits per heavy atom. The minimum Gasteiger partial charge on any atom is -0.334 e. The molecule has 0 radical (unpaired) electrons. The van der Waals surface area contributed by atoms with Crippen molar-refractivity contribution in [2.24, 2.45) is 0 Å². The Balaban J connectivity index is 1.69. The normalized spacial score (nSPS) is 9.96. The van der Waals surface area contributed by atoms with Gasteiger partial charge >= 0.3 is 6.03 Å². The van der Waals surface area contributed by atoms with Gasteiger partial charge in [-0.2, -0.15) is 0 Å². The summed E-state index contributed by atoms with van der Waals surface area (Å²) in [5.74, 6) is -0.267. The van der Waals surface area contributed by atoms with Crippen LogP contribution in [0.5, 0.6) is 0 Å². The van der Waals surface area contributed by atoms with Crippen molar-refractivity contribution in [2.45, 2.75) is 11.4 Å². The van der Waals surface area contributed by atoms with Crippen molar-refractivity contribution < 1.29 is 9.59 Å². The van der Waals surface area contributed by atoms with Gasteiger partial charge in [-0.25, -0.2) is 4.79 Å². The molecule has 0 fully saturated rings. The molecule has 0 spiro atoms. The van der Waals surface area contributed by atoms with Crippen molar-refractivity contribution in [3.05, 3.63) is 60.2 Å². The summed E-state index contributed by atoms with van der Waals surface area (Å²) in [6, 6.07) is 16.7. The number of rotatable bonds is 6. The molecule has 0 saturated carbocycles. The maximum atomic E-state index is 11.8. The first-order chi connectivity index (χ1) is 11.2. The molecule has 0 heterocycles. The minimum atomic E-state index is -0.373. The number of amides is 3. The van der Waals surface area contributed by atoms with Gasteiger partial charge in [-0.1, -0.05) is 30.3 Å². The second-order valence-electron chi connectivity index (χ2n) is 4.80. The summed E-state index contributed by atoms with van der Waals surface area (Å²) < 4.78 is 0. The van der Waals surface area contributed by atoms with E-state index in [0.29, 0.717) is 12.2 Å². The van der Waals surface area contributed by atoms with Crippen molar-refractivity contribution >= 4 is 29.4 Å². The van der Waals surface area contributed by atoms with Gasteiger partial charge in [0.05, 0.1) is 6.54 Å². The molecule has 0 aliphatic carbocycles. The first kappa shape index (κ1) is 16.9. The van der Waals surface area contributed by atoms with Gasteiger partial charge in [-0.05, 0) is 36.1 Å². The lowest BCUT2D eigenvalue weighted by atomic mass is 10.2. The second kappa shape index (κ2) is 8.85. The van der Waals surface area contributed by atoms with Crippen LogP contribution in [0.2, 0.25) is 0 Å². The molecular weight excluding hydrogens is 310 g/mol. The van der Waals surface area contributed by atoms with Crippen LogP contribution in [0.25, 0.3) is 0 Å². The molecule has 0 aromatic heterocycles. The molecule has 3 amide bonds. The van der Waals surface area contributed by atoms with Crippen molar-refractivity contribution in [3.8, 4) is 0 Å². The fraction of sp³-hybridized carbons (Fsp3) is 0.176. The quantitative estimate of drug-likeness (QED) is 0.714. The number of anilines is 1. The molecule has 2 aromatic carbocycles. The molecule has 0 bridgehead atoms. The zero-order valence-electron chi connectivity index (χ0n) is 12.8. The highest BCUT2D eigenvalue weighted by Gasteiger charge is 2.05. The van der Waals surface area contributed by atoms with Crippen LogP contribution < -0.4 is 16.0 Å². The summed E-state index contributed by atoms with van der Waals surface area (Å²) in [7, 11) is 0. The molecule has 0 aliphatic heterocycles. The van der Waals surface area contributed by atoms with Gasteiger partial charge < -0.3 is 16.0 Å². The maximum Gasteiger partial charge on any atom is 0.315 e. The standard InChI is InChI=1S/C17H19N3O2S/c1-23-15-9-7-14(8-10-15)20-16(21)12-19-17(22)18-11-13-5-3-2-4-6-13/h2-10H,11-12H2,1H3,(H,20,21)(H2,18,19,22). The lowest BCUT2D eigenvalue weighted by Gasteiger charge is -2.09. The van der Waals surface area contributed by atoms with Crippen molar-refractivity contribution in [3.63, 3.8) is 0 Å². The van der Waals surface area contributed by atoms with E-state index in [1.807, 2.05) is 60.9 Å². The van der Waals surface area contributed by atoms with Gasteiger partial charge in [0.2, 0.25) is 5.91 Å². The van der Waals surface area contributed by atoms with Gasteiger partial charge in [-0.3, -0.25) is 4.79 Å².